The Morgan fingerprint density at radius 1 is 1.38 bits per heavy atom. The van der Waals surface area contributed by atoms with E-state index in [-0.39, 0.29) is 37.1 Å². The summed E-state index contributed by atoms with van der Waals surface area (Å²) in [5.41, 5.74) is 4.46. The molecule has 0 atom stereocenters. The number of nitrogens with two attached hydrogens (primary N) is 1. The van der Waals surface area contributed by atoms with E-state index in [9.17, 15) is 36.9 Å². The molecule has 1 amide bonds. The lowest BCUT2D eigenvalue weighted by atomic mass is 9.85. The molecule has 29 heavy (non-hydrogen) atoms. The first-order chi connectivity index (χ1) is 13.4. The Morgan fingerprint density at radius 3 is 2.45 bits per heavy atom. The molecule has 1 aliphatic rings. The second-order valence-electron chi connectivity index (χ2n) is 6.86. The minimum atomic E-state index is -4.30. The first-order valence-electron chi connectivity index (χ1n) is 8.72. The van der Waals surface area contributed by atoms with Gasteiger partial charge in [0.2, 0.25) is 5.82 Å². The molecule has 2 rings (SSSR count). The predicted octanol–water partition coefficient (Wildman–Crippen LogP) is 3.12. The van der Waals surface area contributed by atoms with Crippen LogP contribution in [0.25, 0.3) is 0 Å². The topological polar surface area (TPSA) is 114 Å². The fourth-order valence-electron chi connectivity index (χ4n) is 3.23. The third-order valence-corrected chi connectivity index (χ3v) is 4.75. The summed E-state index contributed by atoms with van der Waals surface area (Å²) in [5, 5.41) is 13.6. The maximum Gasteiger partial charge on any atom is 0.391 e. The van der Waals surface area contributed by atoms with Crippen LogP contribution in [0.5, 0.6) is 0 Å². The average molecular weight is 425 g/mol. The number of alkyl halides is 5. The molecular formula is C16H20F5N5O3. The van der Waals surface area contributed by atoms with Crippen molar-refractivity contribution in [1.82, 2.24) is 10.3 Å². The number of halogens is 5. The summed E-state index contributed by atoms with van der Waals surface area (Å²) < 4.78 is 63.7. The van der Waals surface area contributed by atoms with Crippen LogP contribution in [0, 0.1) is 16.0 Å². The van der Waals surface area contributed by atoms with Crippen molar-refractivity contribution in [1.29, 1.82) is 0 Å². The van der Waals surface area contributed by atoms with Crippen LogP contribution in [-0.4, -0.2) is 48.1 Å². The number of rotatable bonds is 6. The molecule has 1 fully saturated rings. The number of nitrogens with zero attached hydrogens (tertiary/aromatic N) is 3. The van der Waals surface area contributed by atoms with Crippen LogP contribution in [0.1, 0.15) is 36.0 Å². The summed E-state index contributed by atoms with van der Waals surface area (Å²) in [4.78, 5) is 27.5. The van der Waals surface area contributed by atoms with Crippen molar-refractivity contribution >= 4 is 23.2 Å². The SMILES string of the molecule is CN(CC(F)F)c1nc(N)c([N+](=O)[O-])cc1C(=O)NC1CCC(C(F)(F)F)CC1. The molecule has 1 aromatic rings. The Labute approximate surface area is 162 Å². The highest BCUT2D eigenvalue weighted by Crippen LogP contribution is 2.37. The van der Waals surface area contributed by atoms with Gasteiger partial charge in [-0.25, -0.2) is 13.8 Å². The van der Waals surface area contributed by atoms with E-state index >= 15 is 0 Å². The first-order valence-corrected chi connectivity index (χ1v) is 8.72. The molecule has 1 saturated carbocycles. The first kappa shape index (κ1) is 22.6. The Hall–Kier alpha value is -2.73. The van der Waals surface area contributed by atoms with Gasteiger partial charge in [0, 0.05) is 19.2 Å². The van der Waals surface area contributed by atoms with Gasteiger partial charge < -0.3 is 16.0 Å². The lowest BCUT2D eigenvalue weighted by Gasteiger charge is -2.30. The number of pyridine rings is 1. The van der Waals surface area contributed by atoms with Crippen molar-refractivity contribution in [2.45, 2.75) is 44.3 Å². The zero-order chi connectivity index (χ0) is 21.9. The van der Waals surface area contributed by atoms with Gasteiger partial charge in [-0.15, -0.1) is 0 Å². The lowest BCUT2D eigenvalue weighted by Crippen LogP contribution is -2.40. The highest BCUT2D eigenvalue weighted by Gasteiger charge is 2.41. The van der Waals surface area contributed by atoms with E-state index in [1.807, 2.05) is 0 Å². The van der Waals surface area contributed by atoms with E-state index in [0.717, 1.165) is 11.0 Å². The minimum Gasteiger partial charge on any atom is -0.378 e. The van der Waals surface area contributed by atoms with Crippen LogP contribution in [0.15, 0.2) is 6.07 Å². The molecule has 0 unspecified atom stereocenters. The molecule has 13 heteroatoms. The molecule has 1 aromatic heterocycles. The van der Waals surface area contributed by atoms with Gasteiger partial charge >= 0.3 is 11.9 Å². The molecule has 162 valence electrons. The normalized spacial score (nSPS) is 19.8. The van der Waals surface area contributed by atoms with E-state index in [1.54, 1.807) is 0 Å². The summed E-state index contributed by atoms with van der Waals surface area (Å²) in [7, 11) is 1.21. The molecule has 1 aliphatic carbocycles. The number of carbonyl (C=O) groups excluding carboxylic acids is 1. The van der Waals surface area contributed by atoms with Gasteiger partial charge in [-0.2, -0.15) is 13.2 Å². The van der Waals surface area contributed by atoms with Crippen molar-refractivity contribution in [2.24, 2.45) is 5.92 Å². The molecule has 0 aliphatic heterocycles. The number of nitrogen functional groups attached to an aromatic ring is 1. The van der Waals surface area contributed by atoms with Crippen LogP contribution >= 0.6 is 0 Å². The van der Waals surface area contributed by atoms with Crippen molar-refractivity contribution in [3.8, 4) is 0 Å². The van der Waals surface area contributed by atoms with Crippen molar-refractivity contribution in [3.63, 3.8) is 0 Å². The fourth-order valence-corrected chi connectivity index (χ4v) is 3.23. The maximum atomic E-state index is 12.8. The van der Waals surface area contributed by atoms with Crippen LogP contribution in [-0.2, 0) is 0 Å². The summed E-state index contributed by atoms with van der Waals surface area (Å²) in [6.07, 6.45) is -7.25. The number of nitro groups is 1. The monoisotopic (exact) mass is 425 g/mol. The Balaban J connectivity index is 2.23. The number of nitrogens with one attached hydrogen (secondary N) is 1. The Bertz CT molecular complexity index is 766. The molecule has 0 aromatic carbocycles. The highest BCUT2D eigenvalue weighted by atomic mass is 19.4. The van der Waals surface area contributed by atoms with Crippen molar-refractivity contribution < 1.29 is 31.7 Å². The third-order valence-electron chi connectivity index (χ3n) is 4.75. The Morgan fingerprint density at radius 2 is 1.97 bits per heavy atom. The van der Waals surface area contributed by atoms with Crippen LogP contribution < -0.4 is 16.0 Å². The van der Waals surface area contributed by atoms with E-state index in [4.69, 9.17) is 5.73 Å². The van der Waals surface area contributed by atoms with Gasteiger partial charge in [0.15, 0.2) is 0 Å². The van der Waals surface area contributed by atoms with Gasteiger partial charge in [-0.1, -0.05) is 0 Å². The molecule has 0 bridgehead atoms. The van der Waals surface area contributed by atoms with E-state index in [1.165, 1.54) is 7.05 Å². The maximum absolute atomic E-state index is 12.8. The van der Waals surface area contributed by atoms with Crippen LogP contribution in [0.2, 0.25) is 0 Å². The number of carbonyl (C=O) groups is 1. The van der Waals surface area contributed by atoms with E-state index < -0.39 is 53.4 Å². The number of anilines is 2. The molecule has 8 nitrogen and oxygen atoms in total. The second kappa shape index (κ2) is 8.74. The summed E-state index contributed by atoms with van der Waals surface area (Å²) in [5.74, 6) is -3.13. The second-order valence-corrected chi connectivity index (χ2v) is 6.86. The minimum absolute atomic E-state index is 0.0720. The molecule has 0 radical (unpaired) electrons. The quantitative estimate of drug-likeness (QED) is 0.411. The molecule has 3 N–H and O–H groups in total. The van der Waals surface area contributed by atoms with Gasteiger partial charge in [0.25, 0.3) is 12.3 Å². The summed E-state index contributed by atoms with van der Waals surface area (Å²) >= 11 is 0. The number of aromatic nitrogens is 1. The van der Waals surface area contributed by atoms with Gasteiger partial charge in [0.05, 0.1) is 22.9 Å². The number of hydrogen-bond acceptors (Lipinski definition) is 6. The van der Waals surface area contributed by atoms with Crippen molar-refractivity contribution in [2.75, 3.05) is 24.2 Å². The average Bonchev–Trinajstić information content (AvgIpc) is 2.60. The summed E-state index contributed by atoms with van der Waals surface area (Å²) in [6.45, 7) is -0.804. The molecular weight excluding hydrogens is 405 g/mol. The van der Waals surface area contributed by atoms with Gasteiger partial charge in [0.1, 0.15) is 5.82 Å². The summed E-state index contributed by atoms with van der Waals surface area (Å²) in [6, 6.07) is 0.252. The predicted molar refractivity (Wildman–Crippen MR) is 93.8 cm³/mol. The number of hydrogen-bond donors (Lipinski definition) is 2. The van der Waals surface area contributed by atoms with Gasteiger partial charge in [-0.3, -0.25) is 14.9 Å². The molecule has 0 spiro atoms. The van der Waals surface area contributed by atoms with Crippen LogP contribution in [0.3, 0.4) is 0 Å². The third kappa shape index (κ3) is 5.64. The van der Waals surface area contributed by atoms with Crippen LogP contribution in [0.4, 0.5) is 39.3 Å². The smallest absolute Gasteiger partial charge is 0.378 e. The van der Waals surface area contributed by atoms with E-state index in [2.05, 4.69) is 10.3 Å². The van der Waals surface area contributed by atoms with Gasteiger partial charge in [-0.05, 0) is 25.7 Å². The van der Waals surface area contributed by atoms with Crippen molar-refractivity contribution in [3.05, 3.63) is 21.7 Å². The largest absolute Gasteiger partial charge is 0.391 e. The fraction of sp³-hybridized carbons (Fsp3) is 0.625. The number of amides is 1. The zero-order valence-electron chi connectivity index (χ0n) is 15.4. The molecule has 0 saturated heterocycles. The molecule has 1 heterocycles. The zero-order valence-corrected chi connectivity index (χ0v) is 15.4. The van der Waals surface area contributed by atoms with E-state index in [0.29, 0.717) is 0 Å². The Kier molecular flexibility index (Phi) is 6.80. The lowest BCUT2D eigenvalue weighted by molar-refractivity contribution is -0.384. The highest BCUT2D eigenvalue weighted by molar-refractivity contribution is 6.00. The standard InChI is InChI=1S/C16H20F5N5O3/c1-25(7-12(17)18)14-10(6-11(26(28)29)13(22)24-14)15(27)23-9-4-2-8(3-5-9)16(19,20)21/h6,8-9,12H,2-5,7H2,1H3,(H2,22,24)(H,23,27).